The van der Waals surface area contributed by atoms with E-state index in [4.69, 9.17) is 14.2 Å². The minimum atomic E-state index is -0.575. The van der Waals surface area contributed by atoms with E-state index in [1.54, 1.807) is 35.6 Å². The third-order valence-corrected chi connectivity index (χ3v) is 7.02. The van der Waals surface area contributed by atoms with Crippen molar-refractivity contribution in [1.29, 1.82) is 0 Å². The highest BCUT2D eigenvalue weighted by atomic mass is 32.1. The Morgan fingerprint density at radius 2 is 1.88 bits per heavy atom. The molecule has 1 N–H and O–H groups in total. The summed E-state index contributed by atoms with van der Waals surface area (Å²) in [6, 6.07) is 11.0. The molecule has 1 aromatic carbocycles. The van der Waals surface area contributed by atoms with E-state index in [1.807, 2.05) is 18.4 Å². The standard InChI is InChI=1S/C26H27NO6S/c1-15-23(26(30)32-11-10-31-3)24(17-6-8-19(9-7-17)33-16(2)28)25-20(27-15)13-18(14-21(25)29)22-5-4-12-34-22/h4-9,12,18,24,27H,10-11,13-14H2,1-3H3/t18-,24+/m1/s1. The highest BCUT2D eigenvalue weighted by molar-refractivity contribution is 7.10. The molecular weight excluding hydrogens is 454 g/mol. The number of allylic oxidation sites excluding steroid dienone is 3. The molecule has 0 bridgehead atoms. The Hall–Kier alpha value is -3.23. The number of rotatable bonds is 7. The Morgan fingerprint density at radius 3 is 2.53 bits per heavy atom. The second-order valence-electron chi connectivity index (χ2n) is 8.32. The van der Waals surface area contributed by atoms with Gasteiger partial charge in [-0.2, -0.15) is 0 Å². The van der Waals surface area contributed by atoms with Crippen LogP contribution < -0.4 is 10.1 Å². The van der Waals surface area contributed by atoms with Gasteiger partial charge in [-0.25, -0.2) is 4.79 Å². The fourth-order valence-electron chi connectivity index (χ4n) is 4.56. The van der Waals surface area contributed by atoms with Crippen molar-refractivity contribution in [3.8, 4) is 5.75 Å². The molecule has 0 saturated heterocycles. The van der Waals surface area contributed by atoms with E-state index in [1.165, 1.54) is 18.9 Å². The lowest BCUT2D eigenvalue weighted by molar-refractivity contribution is -0.140. The van der Waals surface area contributed by atoms with Crippen molar-refractivity contribution in [2.24, 2.45) is 0 Å². The molecule has 0 radical (unpaired) electrons. The van der Waals surface area contributed by atoms with Gasteiger partial charge in [-0.3, -0.25) is 9.59 Å². The van der Waals surface area contributed by atoms with Crippen molar-refractivity contribution in [2.45, 2.75) is 38.5 Å². The minimum Gasteiger partial charge on any atom is -0.460 e. The van der Waals surface area contributed by atoms with Crippen LogP contribution in [0.5, 0.6) is 5.75 Å². The summed E-state index contributed by atoms with van der Waals surface area (Å²) in [4.78, 5) is 39.1. The topological polar surface area (TPSA) is 90.9 Å². The first kappa shape index (κ1) is 23.9. The van der Waals surface area contributed by atoms with Crippen molar-refractivity contribution >= 4 is 29.1 Å². The summed E-state index contributed by atoms with van der Waals surface area (Å²) < 4.78 is 15.6. The fraction of sp³-hybridized carbons (Fsp3) is 0.346. The van der Waals surface area contributed by atoms with E-state index >= 15 is 0 Å². The molecule has 7 nitrogen and oxygen atoms in total. The number of methoxy groups -OCH3 is 1. The number of thiophene rings is 1. The fourth-order valence-corrected chi connectivity index (χ4v) is 5.39. The molecule has 1 aromatic heterocycles. The maximum Gasteiger partial charge on any atom is 0.336 e. The number of nitrogens with one attached hydrogen (secondary N) is 1. The molecule has 8 heteroatoms. The van der Waals surface area contributed by atoms with E-state index in [0.717, 1.165) is 11.3 Å². The quantitative estimate of drug-likeness (QED) is 0.360. The predicted octanol–water partition coefficient (Wildman–Crippen LogP) is 4.22. The summed E-state index contributed by atoms with van der Waals surface area (Å²) in [6.07, 6.45) is 1.07. The van der Waals surface area contributed by atoms with Crippen molar-refractivity contribution in [3.63, 3.8) is 0 Å². The maximum atomic E-state index is 13.5. The highest BCUT2D eigenvalue weighted by Crippen LogP contribution is 2.46. The number of ether oxygens (including phenoxy) is 3. The van der Waals surface area contributed by atoms with Crippen LogP contribution in [0.15, 0.2) is 64.3 Å². The van der Waals surface area contributed by atoms with Crippen LogP contribution in [0.3, 0.4) is 0 Å². The van der Waals surface area contributed by atoms with Gasteiger partial charge in [0.05, 0.1) is 12.2 Å². The maximum absolute atomic E-state index is 13.5. The number of Topliss-reactive ketones (excluding diaryl/α,β-unsaturated/α-hetero) is 1. The van der Waals surface area contributed by atoms with E-state index < -0.39 is 17.9 Å². The predicted molar refractivity (Wildman–Crippen MR) is 127 cm³/mol. The Labute approximate surface area is 202 Å². The number of ketones is 1. The molecule has 2 atom stereocenters. The van der Waals surface area contributed by atoms with Gasteiger partial charge in [0.1, 0.15) is 12.4 Å². The van der Waals surface area contributed by atoms with E-state index in [0.29, 0.717) is 35.4 Å². The number of dihydropyridines is 1. The Bertz CT molecular complexity index is 1150. The average molecular weight is 482 g/mol. The first-order chi connectivity index (χ1) is 16.4. The van der Waals surface area contributed by atoms with Crippen LogP contribution in [0.2, 0.25) is 0 Å². The second-order valence-corrected chi connectivity index (χ2v) is 9.30. The summed E-state index contributed by atoms with van der Waals surface area (Å²) in [6.45, 7) is 3.56. The Balaban J connectivity index is 1.73. The van der Waals surface area contributed by atoms with Gasteiger partial charge in [-0.1, -0.05) is 18.2 Å². The molecule has 1 aliphatic carbocycles. The van der Waals surface area contributed by atoms with Gasteiger partial charge in [-0.15, -0.1) is 11.3 Å². The summed E-state index contributed by atoms with van der Waals surface area (Å²) in [5, 5.41) is 5.36. The molecule has 0 spiro atoms. The lowest BCUT2D eigenvalue weighted by Gasteiger charge is -2.36. The zero-order valence-electron chi connectivity index (χ0n) is 19.4. The molecule has 2 heterocycles. The van der Waals surface area contributed by atoms with Gasteiger partial charge in [0.15, 0.2) is 5.78 Å². The first-order valence-electron chi connectivity index (χ1n) is 11.1. The second kappa shape index (κ2) is 10.4. The highest BCUT2D eigenvalue weighted by Gasteiger charge is 2.41. The smallest absolute Gasteiger partial charge is 0.336 e. The van der Waals surface area contributed by atoms with Gasteiger partial charge in [0, 0.05) is 54.1 Å². The number of esters is 2. The summed E-state index contributed by atoms with van der Waals surface area (Å²) in [5.74, 6) is -0.966. The van der Waals surface area contributed by atoms with Crippen molar-refractivity contribution in [1.82, 2.24) is 5.32 Å². The largest absolute Gasteiger partial charge is 0.460 e. The van der Waals surface area contributed by atoms with Crippen LogP contribution in [0.4, 0.5) is 0 Å². The zero-order valence-corrected chi connectivity index (χ0v) is 20.2. The van der Waals surface area contributed by atoms with Crippen LogP contribution in [-0.4, -0.2) is 38.0 Å². The van der Waals surface area contributed by atoms with Gasteiger partial charge in [0.2, 0.25) is 0 Å². The molecule has 0 unspecified atom stereocenters. The molecular formula is C26H27NO6S. The SMILES string of the molecule is COCCOC(=O)C1=C(C)NC2=C(C(=O)C[C@H](c3cccs3)C2)[C@H]1c1ccc(OC(C)=O)cc1. The molecule has 0 saturated carbocycles. The normalized spacial score (nSPS) is 20.0. The van der Waals surface area contributed by atoms with Gasteiger partial charge in [0.25, 0.3) is 0 Å². The summed E-state index contributed by atoms with van der Waals surface area (Å²) in [7, 11) is 1.54. The first-order valence-corrected chi connectivity index (χ1v) is 12.0. The summed E-state index contributed by atoms with van der Waals surface area (Å²) in [5.41, 5.74) is 3.26. The molecule has 34 heavy (non-hydrogen) atoms. The van der Waals surface area contributed by atoms with Crippen molar-refractivity contribution in [3.05, 3.63) is 74.8 Å². The number of carbonyl (C=O) groups excluding carboxylic acids is 3. The molecule has 0 fully saturated rings. The van der Waals surface area contributed by atoms with E-state index in [9.17, 15) is 14.4 Å². The Morgan fingerprint density at radius 1 is 1.12 bits per heavy atom. The lowest BCUT2D eigenvalue weighted by Crippen LogP contribution is -2.36. The van der Waals surface area contributed by atoms with Gasteiger partial charge >= 0.3 is 11.9 Å². The Kier molecular flexibility index (Phi) is 7.29. The molecule has 0 amide bonds. The van der Waals surface area contributed by atoms with Crippen LogP contribution in [0.1, 0.15) is 49.0 Å². The molecule has 2 aliphatic rings. The van der Waals surface area contributed by atoms with Crippen LogP contribution in [-0.2, 0) is 23.9 Å². The van der Waals surface area contributed by atoms with Crippen LogP contribution in [0.25, 0.3) is 0 Å². The van der Waals surface area contributed by atoms with Crippen molar-refractivity contribution in [2.75, 3.05) is 20.3 Å². The molecule has 2 aromatic rings. The van der Waals surface area contributed by atoms with Gasteiger partial charge in [-0.05, 0) is 42.5 Å². The zero-order chi connectivity index (χ0) is 24.2. The average Bonchev–Trinajstić information content (AvgIpc) is 3.33. The van der Waals surface area contributed by atoms with E-state index in [2.05, 4.69) is 11.4 Å². The van der Waals surface area contributed by atoms with Crippen molar-refractivity contribution < 1.29 is 28.6 Å². The molecule has 1 aliphatic heterocycles. The third kappa shape index (κ3) is 4.98. The molecule has 4 rings (SSSR count). The number of hydrogen-bond acceptors (Lipinski definition) is 8. The van der Waals surface area contributed by atoms with Gasteiger partial charge < -0.3 is 19.5 Å². The minimum absolute atomic E-state index is 0.0101. The van der Waals surface area contributed by atoms with E-state index in [-0.39, 0.29) is 24.9 Å². The number of carbonyl (C=O) groups is 3. The lowest BCUT2D eigenvalue weighted by atomic mass is 9.72. The van der Waals surface area contributed by atoms with Crippen LogP contribution >= 0.6 is 11.3 Å². The third-order valence-electron chi connectivity index (χ3n) is 5.99. The number of benzene rings is 1. The molecule has 178 valence electrons. The summed E-state index contributed by atoms with van der Waals surface area (Å²) >= 11 is 1.65. The number of hydrogen-bond donors (Lipinski definition) is 1. The monoisotopic (exact) mass is 481 g/mol. The van der Waals surface area contributed by atoms with Crippen LogP contribution in [0, 0.1) is 0 Å².